The third-order valence-corrected chi connectivity index (χ3v) is 7.59. The molecule has 3 aromatic carbocycles. The second-order valence-corrected chi connectivity index (χ2v) is 9.66. The molecule has 3 atom stereocenters. The Morgan fingerprint density at radius 1 is 0.829 bits per heavy atom. The maximum absolute atomic E-state index is 13.6. The summed E-state index contributed by atoms with van der Waals surface area (Å²) in [5.41, 5.74) is 1.31. The van der Waals surface area contributed by atoms with E-state index in [2.05, 4.69) is 0 Å². The number of fused-ring (bicyclic) bond motifs is 1. The Hall–Kier alpha value is -3.78. The highest BCUT2D eigenvalue weighted by Crippen LogP contribution is 2.41. The van der Waals surface area contributed by atoms with Crippen molar-refractivity contribution in [1.29, 1.82) is 0 Å². The van der Waals surface area contributed by atoms with Crippen molar-refractivity contribution < 1.29 is 24.2 Å². The Bertz CT molecular complexity index is 1240. The molecule has 2 amide bonds. The molecule has 2 aliphatic heterocycles. The van der Waals surface area contributed by atoms with Crippen molar-refractivity contribution in [2.24, 2.45) is 0 Å². The number of urea groups is 1. The summed E-state index contributed by atoms with van der Waals surface area (Å²) in [5, 5.41) is 9.47. The molecular weight excluding hydrogens is 464 g/mol. The number of rotatable bonds is 7. The van der Waals surface area contributed by atoms with Crippen LogP contribution in [0.15, 0.2) is 84.9 Å². The van der Waals surface area contributed by atoms with Gasteiger partial charge in [0.05, 0.1) is 17.2 Å². The van der Waals surface area contributed by atoms with Gasteiger partial charge >= 0.3 is 18.0 Å². The molecule has 0 saturated carbocycles. The Balaban J connectivity index is 1.42. The lowest BCUT2D eigenvalue weighted by molar-refractivity contribution is 0.0329. The SMILES string of the molecule is O=C(O)c1ccccc1C(=O)OC1SCC2C1N(Cc1ccccc1)C(=O)N2Cc1ccccc1. The van der Waals surface area contributed by atoms with Gasteiger partial charge < -0.3 is 19.6 Å². The lowest BCUT2D eigenvalue weighted by Gasteiger charge is -2.27. The number of amides is 2. The van der Waals surface area contributed by atoms with Crippen molar-refractivity contribution in [3.8, 4) is 0 Å². The predicted octanol–water partition coefficient (Wildman–Crippen LogP) is 4.49. The van der Waals surface area contributed by atoms with Crippen molar-refractivity contribution in [1.82, 2.24) is 9.80 Å². The fourth-order valence-corrected chi connectivity index (χ4v) is 6.12. The second-order valence-electron chi connectivity index (χ2n) is 8.53. The van der Waals surface area contributed by atoms with Crippen molar-refractivity contribution >= 4 is 29.7 Å². The lowest BCUT2D eigenvalue weighted by atomic mass is 10.1. The topological polar surface area (TPSA) is 87.1 Å². The summed E-state index contributed by atoms with van der Waals surface area (Å²) >= 11 is 1.48. The first-order valence-electron chi connectivity index (χ1n) is 11.3. The summed E-state index contributed by atoms with van der Waals surface area (Å²) in [6.45, 7) is 0.863. The number of carboxylic acid groups (broad SMARTS) is 1. The fraction of sp³-hybridized carbons (Fsp3) is 0.222. The van der Waals surface area contributed by atoms with Crippen LogP contribution in [-0.4, -0.2) is 56.1 Å². The molecule has 7 nitrogen and oxygen atoms in total. The van der Waals surface area contributed by atoms with Crippen molar-refractivity contribution in [2.75, 3.05) is 5.75 Å². The summed E-state index contributed by atoms with van der Waals surface area (Å²) < 4.78 is 5.86. The van der Waals surface area contributed by atoms with Crippen molar-refractivity contribution in [3.05, 3.63) is 107 Å². The average molecular weight is 489 g/mol. The first-order valence-corrected chi connectivity index (χ1v) is 12.4. The number of nitrogens with zero attached hydrogens (tertiary/aromatic N) is 2. The molecule has 2 heterocycles. The molecule has 3 aromatic rings. The summed E-state index contributed by atoms with van der Waals surface area (Å²) in [5.74, 6) is -1.27. The third-order valence-electron chi connectivity index (χ3n) is 6.35. The van der Waals surface area contributed by atoms with Gasteiger partial charge in [-0.2, -0.15) is 0 Å². The molecule has 3 unspecified atom stereocenters. The number of esters is 1. The number of aromatic carboxylic acids is 1. The van der Waals surface area contributed by atoms with Crippen LogP contribution in [0.3, 0.4) is 0 Å². The molecule has 0 aromatic heterocycles. The molecule has 2 aliphatic rings. The monoisotopic (exact) mass is 488 g/mol. The number of carbonyl (C=O) groups is 3. The van der Waals surface area contributed by atoms with Gasteiger partial charge in [-0.25, -0.2) is 14.4 Å². The van der Waals surface area contributed by atoms with E-state index in [1.807, 2.05) is 65.6 Å². The van der Waals surface area contributed by atoms with E-state index >= 15 is 0 Å². The van der Waals surface area contributed by atoms with E-state index < -0.39 is 17.4 Å². The maximum atomic E-state index is 13.6. The third kappa shape index (κ3) is 4.61. The van der Waals surface area contributed by atoms with Crippen molar-refractivity contribution in [3.63, 3.8) is 0 Å². The van der Waals surface area contributed by atoms with Crippen LogP contribution in [0.2, 0.25) is 0 Å². The Morgan fingerprint density at radius 3 is 1.97 bits per heavy atom. The summed E-state index contributed by atoms with van der Waals surface area (Å²) in [7, 11) is 0. The van der Waals surface area contributed by atoms with Crippen molar-refractivity contribution in [2.45, 2.75) is 30.6 Å². The Labute approximate surface area is 207 Å². The van der Waals surface area contributed by atoms with Gasteiger partial charge in [0, 0.05) is 18.8 Å². The van der Waals surface area contributed by atoms with E-state index in [1.54, 1.807) is 17.0 Å². The number of thioether (sulfide) groups is 1. The summed E-state index contributed by atoms with van der Waals surface area (Å²) in [4.78, 5) is 41.8. The maximum Gasteiger partial charge on any atom is 0.340 e. The summed E-state index contributed by atoms with van der Waals surface area (Å²) in [6, 6.07) is 25.0. The molecule has 178 valence electrons. The van der Waals surface area contributed by atoms with Crippen LogP contribution in [-0.2, 0) is 17.8 Å². The number of ether oxygens (including phenoxy) is 1. The zero-order chi connectivity index (χ0) is 24.4. The molecule has 0 radical (unpaired) electrons. The number of carbonyl (C=O) groups excluding carboxylic acids is 2. The van der Waals surface area contributed by atoms with E-state index in [4.69, 9.17) is 4.74 Å². The van der Waals surface area contributed by atoms with Gasteiger partial charge in [0.15, 0.2) is 5.44 Å². The molecule has 0 aliphatic carbocycles. The number of carboxylic acids is 1. The fourth-order valence-electron chi connectivity index (χ4n) is 4.67. The molecule has 2 saturated heterocycles. The van der Waals surface area contributed by atoms with E-state index in [9.17, 15) is 19.5 Å². The predicted molar refractivity (Wildman–Crippen MR) is 132 cm³/mol. The van der Waals surface area contributed by atoms with Gasteiger partial charge in [-0.15, -0.1) is 11.8 Å². The van der Waals surface area contributed by atoms with Crippen LogP contribution in [0.1, 0.15) is 31.8 Å². The summed E-state index contributed by atoms with van der Waals surface area (Å²) in [6.07, 6.45) is 0. The van der Waals surface area contributed by atoms with Gasteiger partial charge in [0.2, 0.25) is 0 Å². The molecular formula is C27H24N2O5S. The number of hydrogen-bond acceptors (Lipinski definition) is 5. The van der Waals surface area contributed by atoms with Crippen LogP contribution in [0.5, 0.6) is 0 Å². The minimum absolute atomic E-state index is 0.00382. The van der Waals surface area contributed by atoms with Gasteiger partial charge in [0.1, 0.15) is 6.04 Å². The Kier molecular flexibility index (Phi) is 6.46. The Morgan fingerprint density at radius 2 is 1.37 bits per heavy atom. The minimum atomic E-state index is -1.19. The van der Waals surface area contributed by atoms with Crippen LogP contribution < -0.4 is 0 Å². The zero-order valence-corrected chi connectivity index (χ0v) is 19.6. The average Bonchev–Trinajstić information content (AvgIpc) is 3.39. The van der Waals surface area contributed by atoms with Crippen LogP contribution >= 0.6 is 11.8 Å². The first-order chi connectivity index (χ1) is 17.0. The quantitative estimate of drug-likeness (QED) is 0.390. The van der Waals surface area contributed by atoms with E-state index in [0.29, 0.717) is 18.8 Å². The molecule has 0 bridgehead atoms. The molecule has 5 rings (SSSR count). The highest BCUT2D eigenvalue weighted by molar-refractivity contribution is 8.00. The molecule has 35 heavy (non-hydrogen) atoms. The smallest absolute Gasteiger partial charge is 0.340 e. The van der Waals surface area contributed by atoms with Crippen LogP contribution in [0.25, 0.3) is 0 Å². The molecule has 2 fully saturated rings. The molecule has 0 spiro atoms. The highest BCUT2D eigenvalue weighted by atomic mass is 32.2. The second kappa shape index (κ2) is 9.84. The van der Waals surface area contributed by atoms with Crippen LogP contribution in [0.4, 0.5) is 4.79 Å². The molecule has 1 N–H and O–H groups in total. The largest absolute Gasteiger partial charge is 0.478 e. The highest BCUT2D eigenvalue weighted by Gasteiger charge is 2.54. The van der Waals surface area contributed by atoms with Gasteiger partial charge in [-0.1, -0.05) is 72.8 Å². The zero-order valence-electron chi connectivity index (χ0n) is 18.8. The number of benzene rings is 3. The van der Waals surface area contributed by atoms with Gasteiger partial charge in [-0.3, -0.25) is 0 Å². The lowest BCUT2D eigenvalue weighted by Crippen LogP contribution is -2.42. The van der Waals surface area contributed by atoms with Crippen LogP contribution in [0, 0.1) is 0 Å². The van der Waals surface area contributed by atoms with E-state index in [1.165, 1.54) is 23.9 Å². The van der Waals surface area contributed by atoms with E-state index in [0.717, 1.165) is 11.1 Å². The minimum Gasteiger partial charge on any atom is -0.478 e. The van der Waals surface area contributed by atoms with Gasteiger partial charge in [-0.05, 0) is 23.3 Å². The van der Waals surface area contributed by atoms with Gasteiger partial charge in [0.25, 0.3) is 0 Å². The standard InChI is InChI=1S/C27H24N2O5S/c30-24(31)20-13-7-8-14-21(20)25(32)34-26-23-22(17-35-26)28(15-18-9-3-1-4-10-18)27(33)29(23)16-19-11-5-2-6-12-19/h1-14,22-23,26H,15-17H2,(H,30,31). The molecule has 8 heteroatoms. The normalized spacial score (nSPS) is 21.1. The number of hydrogen-bond donors (Lipinski definition) is 1. The first kappa shape index (κ1) is 23.0. The van der Waals surface area contributed by atoms with E-state index in [-0.39, 0.29) is 29.2 Å².